The van der Waals surface area contributed by atoms with E-state index in [0.717, 1.165) is 11.0 Å². The molecule has 138 valence electrons. The van der Waals surface area contributed by atoms with Crippen LogP contribution >= 0.6 is 0 Å². The van der Waals surface area contributed by atoms with Gasteiger partial charge in [0, 0.05) is 32.0 Å². The number of amides is 1. The van der Waals surface area contributed by atoms with Gasteiger partial charge in [0.05, 0.1) is 11.2 Å². The minimum Gasteiger partial charge on any atom is -0.399 e. The van der Waals surface area contributed by atoms with E-state index in [1.54, 1.807) is 29.9 Å². The highest BCUT2D eigenvalue weighted by Gasteiger charge is 2.52. The van der Waals surface area contributed by atoms with Crippen LogP contribution in [-0.4, -0.2) is 53.0 Å². The summed E-state index contributed by atoms with van der Waals surface area (Å²) in [5.41, 5.74) is 0.849. The van der Waals surface area contributed by atoms with Crippen molar-refractivity contribution in [3.8, 4) is 0 Å². The van der Waals surface area contributed by atoms with Crippen LogP contribution < -0.4 is 5.46 Å². The second kappa shape index (κ2) is 6.56. The van der Waals surface area contributed by atoms with Gasteiger partial charge in [-0.25, -0.2) is 0 Å². The molecule has 1 amide bonds. The number of carbonyl (C=O) groups excluding carboxylic acids is 1. The molecule has 26 heavy (non-hydrogen) atoms. The van der Waals surface area contributed by atoms with E-state index in [9.17, 15) is 4.79 Å². The molecule has 1 unspecified atom stereocenters. The largest absolute Gasteiger partial charge is 0.498 e. The van der Waals surface area contributed by atoms with Crippen LogP contribution in [-0.2, 0) is 14.1 Å². The third kappa shape index (κ3) is 3.29. The van der Waals surface area contributed by atoms with E-state index in [4.69, 9.17) is 9.31 Å². The number of aromatic nitrogens is 2. The van der Waals surface area contributed by atoms with Gasteiger partial charge in [-0.1, -0.05) is 30.3 Å². The average Bonchev–Trinajstić information content (AvgIpc) is 3.11. The highest BCUT2D eigenvalue weighted by Crippen LogP contribution is 2.36. The summed E-state index contributed by atoms with van der Waals surface area (Å²) >= 11 is 0. The Balaban J connectivity index is 1.93. The van der Waals surface area contributed by atoms with Crippen LogP contribution in [0.5, 0.6) is 0 Å². The Bertz CT molecular complexity index is 770. The van der Waals surface area contributed by atoms with E-state index < -0.39 is 24.4 Å². The molecule has 1 aliphatic rings. The molecule has 2 aromatic rings. The maximum absolute atomic E-state index is 12.8. The van der Waals surface area contributed by atoms with Gasteiger partial charge in [0.15, 0.2) is 6.04 Å². The lowest BCUT2D eigenvalue weighted by Gasteiger charge is -2.32. The van der Waals surface area contributed by atoms with Crippen molar-refractivity contribution in [3.05, 3.63) is 48.3 Å². The molecule has 6 nitrogen and oxygen atoms in total. The zero-order valence-corrected chi connectivity index (χ0v) is 16.3. The van der Waals surface area contributed by atoms with Crippen molar-refractivity contribution in [2.24, 2.45) is 0 Å². The normalized spacial score (nSPS) is 19.4. The Hall–Kier alpha value is -2.12. The maximum Gasteiger partial charge on any atom is 0.498 e. The molecule has 1 aromatic heterocycles. The standard InChI is InChI=1S/C19H26BN3O3/c1-18(2)19(3,4)26-20(25-18)15-12-21-23(13-15)16(17(24)22(5)6)14-10-8-7-9-11-14/h7-13,16H,1-6H3. The number of rotatable bonds is 4. The molecular formula is C19H26BN3O3. The highest BCUT2D eigenvalue weighted by atomic mass is 16.7. The fraction of sp³-hybridized carbons (Fsp3) is 0.474. The predicted octanol–water partition coefficient (Wildman–Crippen LogP) is 1.86. The summed E-state index contributed by atoms with van der Waals surface area (Å²) in [6.45, 7) is 8.05. The number of likely N-dealkylation sites (N-methyl/N-ethyl adjacent to an activating group) is 1. The molecule has 1 saturated heterocycles. The maximum atomic E-state index is 12.8. The third-order valence-corrected chi connectivity index (χ3v) is 5.20. The van der Waals surface area contributed by atoms with Crippen LogP contribution in [0.1, 0.15) is 39.3 Å². The molecule has 0 bridgehead atoms. The molecule has 1 fully saturated rings. The molecule has 1 aliphatic heterocycles. The van der Waals surface area contributed by atoms with Gasteiger partial charge in [-0.15, -0.1) is 0 Å². The van der Waals surface area contributed by atoms with Crippen molar-refractivity contribution >= 4 is 18.5 Å². The molecule has 0 saturated carbocycles. The Morgan fingerprint density at radius 2 is 1.69 bits per heavy atom. The van der Waals surface area contributed by atoms with Crippen LogP contribution in [0.3, 0.4) is 0 Å². The summed E-state index contributed by atoms with van der Waals surface area (Å²) in [4.78, 5) is 14.4. The topological polar surface area (TPSA) is 56.6 Å². The van der Waals surface area contributed by atoms with Crippen LogP contribution in [0.25, 0.3) is 0 Å². The summed E-state index contributed by atoms with van der Waals surface area (Å²) in [5, 5.41) is 4.45. The monoisotopic (exact) mass is 355 g/mol. The number of hydrogen-bond acceptors (Lipinski definition) is 4. The van der Waals surface area contributed by atoms with Crippen molar-refractivity contribution < 1.29 is 14.1 Å². The van der Waals surface area contributed by atoms with Crippen molar-refractivity contribution in [2.45, 2.75) is 44.9 Å². The van der Waals surface area contributed by atoms with Gasteiger partial charge >= 0.3 is 7.12 Å². The lowest BCUT2D eigenvalue weighted by atomic mass is 9.82. The number of nitrogens with zero attached hydrogens (tertiary/aromatic N) is 3. The Morgan fingerprint density at radius 1 is 1.12 bits per heavy atom. The van der Waals surface area contributed by atoms with Gasteiger partial charge in [-0.2, -0.15) is 5.10 Å². The third-order valence-electron chi connectivity index (χ3n) is 5.20. The molecule has 0 aliphatic carbocycles. The fourth-order valence-corrected chi connectivity index (χ4v) is 2.88. The van der Waals surface area contributed by atoms with E-state index in [-0.39, 0.29) is 5.91 Å². The summed E-state index contributed by atoms with van der Waals surface area (Å²) in [6, 6.07) is 9.11. The lowest BCUT2D eigenvalue weighted by molar-refractivity contribution is -0.131. The minimum atomic E-state index is -0.526. The smallest absolute Gasteiger partial charge is 0.399 e. The first-order valence-electron chi connectivity index (χ1n) is 8.78. The molecular weight excluding hydrogens is 329 g/mol. The van der Waals surface area contributed by atoms with Gasteiger partial charge < -0.3 is 14.2 Å². The number of carbonyl (C=O) groups is 1. The van der Waals surface area contributed by atoms with Crippen LogP contribution in [0.2, 0.25) is 0 Å². The van der Waals surface area contributed by atoms with Crippen molar-refractivity contribution in [2.75, 3.05) is 14.1 Å². The molecule has 0 radical (unpaired) electrons. The fourth-order valence-electron chi connectivity index (χ4n) is 2.88. The van der Waals surface area contributed by atoms with Gasteiger partial charge in [0.25, 0.3) is 5.91 Å². The van der Waals surface area contributed by atoms with Crippen LogP contribution in [0.15, 0.2) is 42.7 Å². The first kappa shape index (κ1) is 18.7. The van der Waals surface area contributed by atoms with Crippen LogP contribution in [0.4, 0.5) is 0 Å². The van der Waals surface area contributed by atoms with Crippen molar-refractivity contribution in [3.63, 3.8) is 0 Å². The van der Waals surface area contributed by atoms with E-state index in [1.807, 2.05) is 64.2 Å². The number of hydrogen-bond donors (Lipinski definition) is 0. The Kier molecular flexibility index (Phi) is 4.71. The zero-order valence-electron chi connectivity index (χ0n) is 16.3. The highest BCUT2D eigenvalue weighted by molar-refractivity contribution is 6.62. The van der Waals surface area contributed by atoms with E-state index in [2.05, 4.69) is 5.10 Å². The molecule has 0 spiro atoms. The van der Waals surface area contributed by atoms with Crippen LogP contribution in [0, 0.1) is 0 Å². The molecule has 2 heterocycles. The second-order valence-electron chi connectivity index (χ2n) is 7.89. The van der Waals surface area contributed by atoms with E-state index in [0.29, 0.717) is 0 Å². The first-order chi connectivity index (χ1) is 12.1. The SMILES string of the molecule is CN(C)C(=O)C(c1ccccc1)n1cc(B2OC(C)(C)C(C)(C)O2)cn1. The van der Waals surface area contributed by atoms with Gasteiger partial charge in [-0.3, -0.25) is 9.48 Å². The molecule has 3 rings (SSSR count). The first-order valence-corrected chi connectivity index (χ1v) is 8.78. The van der Waals surface area contributed by atoms with Gasteiger partial charge in [-0.05, 0) is 33.3 Å². The molecule has 7 heteroatoms. The Morgan fingerprint density at radius 3 is 2.23 bits per heavy atom. The summed E-state index contributed by atoms with van der Waals surface area (Å²) in [5.74, 6) is -0.0419. The van der Waals surface area contributed by atoms with Gasteiger partial charge in [0.2, 0.25) is 0 Å². The second-order valence-corrected chi connectivity index (χ2v) is 7.89. The lowest BCUT2D eigenvalue weighted by Crippen LogP contribution is -2.41. The predicted molar refractivity (Wildman–Crippen MR) is 101 cm³/mol. The van der Waals surface area contributed by atoms with Crippen molar-refractivity contribution in [1.82, 2.24) is 14.7 Å². The minimum absolute atomic E-state index is 0.0419. The zero-order chi connectivity index (χ0) is 19.1. The quantitative estimate of drug-likeness (QED) is 0.786. The molecule has 0 N–H and O–H groups in total. The molecule has 1 aromatic carbocycles. The van der Waals surface area contributed by atoms with Crippen molar-refractivity contribution in [1.29, 1.82) is 0 Å². The summed E-state index contributed by atoms with van der Waals surface area (Å²) in [6.07, 6.45) is 3.54. The average molecular weight is 355 g/mol. The van der Waals surface area contributed by atoms with E-state index >= 15 is 0 Å². The summed E-state index contributed by atoms with van der Waals surface area (Å²) < 4.78 is 13.9. The Labute approximate surface area is 155 Å². The van der Waals surface area contributed by atoms with E-state index in [1.165, 1.54) is 0 Å². The number of benzene rings is 1. The van der Waals surface area contributed by atoms with Gasteiger partial charge in [0.1, 0.15) is 0 Å². The summed E-state index contributed by atoms with van der Waals surface area (Å²) in [7, 11) is 2.99. The molecule has 1 atom stereocenters.